The third-order valence-electron chi connectivity index (χ3n) is 3.28. The van der Waals surface area contributed by atoms with Crippen LogP contribution in [0.2, 0.25) is 0 Å². The Kier molecular flexibility index (Phi) is 8.69. The topological polar surface area (TPSA) is 124 Å². The molecule has 0 bridgehead atoms. The normalized spacial score (nSPS) is 12.6. The SMILES string of the molecule is CC.CS(=O)(=O)N(c1ccc(N)c([PH](=O)OCc2ccccc2)c1)S(C)(=O)=O. The summed E-state index contributed by atoms with van der Waals surface area (Å²) in [6.45, 7) is 4.07. The highest BCUT2D eigenvalue weighted by atomic mass is 32.3. The van der Waals surface area contributed by atoms with E-state index in [0.717, 1.165) is 24.1 Å². The minimum Gasteiger partial charge on any atom is -0.398 e. The van der Waals surface area contributed by atoms with Gasteiger partial charge in [0.25, 0.3) is 0 Å². The number of nitrogen functional groups attached to an aromatic ring is 1. The minimum atomic E-state index is -4.11. The minimum absolute atomic E-state index is 0.0562. The Morgan fingerprint density at radius 2 is 1.50 bits per heavy atom. The molecule has 156 valence electrons. The Balaban J connectivity index is 0.00000190. The molecule has 0 aliphatic carbocycles. The third kappa shape index (κ3) is 6.63. The average Bonchev–Trinajstić information content (AvgIpc) is 2.61. The van der Waals surface area contributed by atoms with Gasteiger partial charge >= 0.3 is 0 Å². The van der Waals surface area contributed by atoms with Gasteiger partial charge in [0.2, 0.25) is 28.1 Å². The summed E-state index contributed by atoms with van der Waals surface area (Å²) in [5, 5.41) is 0.0562. The second-order valence-electron chi connectivity index (χ2n) is 5.56. The Bertz CT molecular complexity index is 993. The van der Waals surface area contributed by atoms with Crippen LogP contribution in [0.25, 0.3) is 0 Å². The van der Waals surface area contributed by atoms with Crippen LogP contribution in [0.5, 0.6) is 0 Å². The molecule has 0 saturated heterocycles. The predicted molar refractivity (Wildman–Crippen MR) is 114 cm³/mol. The van der Waals surface area contributed by atoms with Crippen molar-refractivity contribution in [3.8, 4) is 0 Å². The van der Waals surface area contributed by atoms with Gasteiger partial charge in [-0.25, -0.2) is 16.8 Å². The molecule has 0 fully saturated rings. The maximum atomic E-state index is 12.5. The van der Waals surface area contributed by atoms with E-state index in [1.54, 1.807) is 24.3 Å². The summed E-state index contributed by atoms with van der Waals surface area (Å²) in [6.07, 6.45) is 1.53. The van der Waals surface area contributed by atoms with Crippen molar-refractivity contribution in [2.24, 2.45) is 0 Å². The molecule has 0 aromatic heterocycles. The Morgan fingerprint density at radius 1 is 0.964 bits per heavy atom. The smallest absolute Gasteiger partial charge is 0.245 e. The Hall–Kier alpha value is -1.87. The highest BCUT2D eigenvalue weighted by Crippen LogP contribution is 2.30. The first-order chi connectivity index (χ1) is 13.0. The number of hydrogen-bond donors (Lipinski definition) is 1. The molecule has 0 amide bonds. The standard InChI is InChI=1S/C15H19N2O6PS2.C2H6/c1-25(19,20)17(26(2,21)22)13-8-9-14(16)15(10-13)24(18)23-11-12-6-4-3-5-7-12;1-2/h3-10,24H,11,16H2,1-2H3;1-2H3. The summed E-state index contributed by atoms with van der Waals surface area (Å²) in [6, 6.07) is 12.7. The maximum absolute atomic E-state index is 12.5. The molecule has 2 aromatic rings. The van der Waals surface area contributed by atoms with Crippen molar-refractivity contribution in [1.82, 2.24) is 0 Å². The molecule has 0 heterocycles. The quantitative estimate of drug-likeness (QED) is 0.509. The lowest BCUT2D eigenvalue weighted by Crippen LogP contribution is -2.35. The molecule has 2 aromatic carbocycles. The van der Waals surface area contributed by atoms with Crippen LogP contribution in [0.4, 0.5) is 11.4 Å². The van der Waals surface area contributed by atoms with E-state index < -0.39 is 28.1 Å². The van der Waals surface area contributed by atoms with Crippen molar-refractivity contribution in [2.75, 3.05) is 22.0 Å². The maximum Gasteiger partial charge on any atom is 0.245 e. The second-order valence-corrected chi connectivity index (χ2v) is 10.9. The van der Waals surface area contributed by atoms with Crippen LogP contribution in [0, 0.1) is 0 Å². The number of sulfonamides is 2. The van der Waals surface area contributed by atoms with Crippen molar-refractivity contribution >= 4 is 44.8 Å². The fourth-order valence-corrected chi connectivity index (χ4v) is 6.26. The summed E-state index contributed by atoms with van der Waals surface area (Å²) < 4.78 is 65.6. The molecular formula is C17H25N2O6PS2. The Morgan fingerprint density at radius 3 is 2.00 bits per heavy atom. The zero-order chi connectivity index (χ0) is 21.5. The molecule has 1 unspecified atom stereocenters. The van der Waals surface area contributed by atoms with Gasteiger partial charge in [0.1, 0.15) is 0 Å². The average molecular weight is 449 g/mol. The predicted octanol–water partition coefficient (Wildman–Crippen LogP) is 2.34. The molecular weight excluding hydrogens is 423 g/mol. The number of rotatable bonds is 7. The fourth-order valence-electron chi connectivity index (χ4n) is 2.26. The van der Waals surface area contributed by atoms with Crippen LogP contribution in [0.15, 0.2) is 48.5 Å². The van der Waals surface area contributed by atoms with Crippen LogP contribution in [-0.2, 0) is 35.7 Å². The lowest BCUT2D eigenvalue weighted by molar-refractivity contribution is 0.325. The number of nitrogens with two attached hydrogens (primary N) is 1. The zero-order valence-corrected chi connectivity index (χ0v) is 18.7. The number of hydrogen-bond acceptors (Lipinski definition) is 7. The van der Waals surface area contributed by atoms with Crippen LogP contribution in [-0.4, -0.2) is 29.3 Å². The van der Waals surface area contributed by atoms with Crippen molar-refractivity contribution in [3.63, 3.8) is 0 Å². The summed E-state index contributed by atoms with van der Waals surface area (Å²) in [7, 11) is -11.1. The molecule has 11 heteroatoms. The molecule has 0 saturated carbocycles. The molecule has 1 atom stereocenters. The van der Waals surface area contributed by atoms with E-state index in [1.165, 1.54) is 12.1 Å². The molecule has 2 rings (SSSR count). The highest BCUT2D eigenvalue weighted by molar-refractivity contribution is 8.09. The van der Waals surface area contributed by atoms with Gasteiger partial charge in [-0.2, -0.15) is 3.71 Å². The second kappa shape index (κ2) is 10.1. The first-order valence-electron chi connectivity index (χ1n) is 8.31. The molecule has 2 N–H and O–H groups in total. The first-order valence-corrected chi connectivity index (χ1v) is 13.3. The van der Waals surface area contributed by atoms with E-state index in [4.69, 9.17) is 10.3 Å². The lowest BCUT2D eigenvalue weighted by atomic mass is 10.2. The van der Waals surface area contributed by atoms with E-state index in [1.807, 2.05) is 19.9 Å². The third-order valence-corrected chi connectivity index (χ3v) is 7.81. The number of benzene rings is 2. The highest BCUT2D eigenvalue weighted by Gasteiger charge is 2.28. The molecule has 28 heavy (non-hydrogen) atoms. The molecule has 0 aliphatic rings. The largest absolute Gasteiger partial charge is 0.398 e. The van der Waals surface area contributed by atoms with Crippen LogP contribution in [0.3, 0.4) is 0 Å². The summed E-state index contributed by atoms with van der Waals surface area (Å²) in [5.41, 5.74) is 6.54. The van der Waals surface area contributed by atoms with E-state index in [0.29, 0.717) is 0 Å². The van der Waals surface area contributed by atoms with Crippen molar-refractivity contribution in [1.29, 1.82) is 0 Å². The van der Waals surface area contributed by atoms with Gasteiger partial charge in [-0.15, -0.1) is 0 Å². The first kappa shape index (κ1) is 24.2. The van der Waals surface area contributed by atoms with E-state index in [2.05, 4.69) is 0 Å². The summed E-state index contributed by atoms with van der Waals surface area (Å²) in [5.74, 6) is 0. The van der Waals surface area contributed by atoms with Gasteiger partial charge in [0.15, 0.2) is 0 Å². The van der Waals surface area contributed by atoms with Gasteiger partial charge < -0.3 is 10.3 Å². The van der Waals surface area contributed by atoms with Gasteiger partial charge in [0, 0.05) is 5.69 Å². The molecule has 0 spiro atoms. The zero-order valence-electron chi connectivity index (χ0n) is 16.1. The molecule has 0 aliphatic heterocycles. The lowest BCUT2D eigenvalue weighted by Gasteiger charge is -2.20. The fraction of sp³-hybridized carbons (Fsp3) is 0.294. The van der Waals surface area contributed by atoms with Crippen molar-refractivity contribution in [3.05, 3.63) is 54.1 Å². The van der Waals surface area contributed by atoms with E-state index >= 15 is 0 Å². The van der Waals surface area contributed by atoms with E-state index in [-0.39, 0.29) is 27.0 Å². The van der Waals surface area contributed by atoms with E-state index in [9.17, 15) is 21.4 Å². The van der Waals surface area contributed by atoms with Crippen LogP contribution < -0.4 is 14.7 Å². The summed E-state index contributed by atoms with van der Waals surface area (Å²) >= 11 is 0. The monoisotopic (exact) mass is 448 g/mol. The molecule has 8 nitrogen and oxygen atoms in total. The Labute approximate surface area is 167 Å². The van der Waals surface area contributed by atoms with Crippen molar-refractivity contribution in [2.45, 2.75) is 20.5 Å². The van der Waals surface area contributed by atoms with Gasteiger partial charge in [-0.1, -0.05) is 44.2 Å². The van der Waals surface area contributed by atoms with Crippen LogP contribution >= 0.6 is 8.03 Å². The van der Waals surface area contributed by atoms with Crippen molar-refractivity contribution < 1.29 is 25.9 Å². The van der Waals surface area contributed by atoms with Crippen LogP contribution in [0.1, 0.15) is 19.4 Å². The van der Waals surface area contributed by atoms with Gasteiger partial charge in [-0.05, 0) is 23.8 Å². The van der Waals surface area contributed by atoms with Gasteiger partial charge in [-0.3, -0.25) is 4.57 Å². The summed E-state index contributed by atoms with van der Waals surface area (Å²) in [4.78, 5) is 0. The number of nitrogens with zero attached hydrogens (tertiary/aromatic N) is 1. The number of anilines is 2. The van der Waals surface area contributed by atoms with Gasteiger partial charge in [0.05, 0.1) is 30.1 Å². The molecule has 0 radical (unpaired) electrons.